The zero-order valence-electron chi connectivity index (χ0n) is 13.5. The van der Waals surface area contributed by atoms with Crippen molar-refractivity contribution in [3.8, 4) is 5.69 Å². The maximum Gasteiger partial charge on any atom is 0.244 e. The van der Waals surface area contributed by atoms with Crippen molar-refractivity contribution in [3.63, 3.8) is 0 Å². The third-order valence-electron chi connectivity index (χ3n) is 3.52. The second kappa shape index (κ2) is 7.48. The highest BCUT2D eigenvalue weighted by atomic mass is 19.1. The quantitative estimate of drug-likeness (QED) is 0.727. The smallest absolute Gasteiger partial charge is 0.244 e. The molecule has 0 saturated carbocycles. The number of amides is 1. The molecule has 0 fully saturated rings. The maximum absolute atomic E-state index is 13.1. The summed E-state index contributed by atoms with van der Waals surface area (Å²) in [6, 6.07) is 15.0. The molecule has 0 saturated heterocycles. The first-order valence-corrected chi connectivity index (χ1v) is 7.71. The molecule has 0 aliphatic carbocycles. The van der Waals surface area contributed by atoms with Crippen molar-refractivity contribution in [2.24, 2.45) is 0 Å². The summed E-state index contributed by atoms with van der Waals surface area (Å²) in [4.78, 5) is 12.1. The number of para-hydroxylation sites is 1. The predicted octanol–water partition coefficient (Wildman–Crippen LogP) is 2.69. The molecule has 3 rings (SSSR count). The molecule has 0 aliphatic heterocycles. The van der Waals surface area contributed by atoms with E-state index in [1.807, 2.05) is 30.3 Å². The molecule has 0 aliphatic rings. The number of hydrogen-bond donors (Lipinski definition) is 1. The topological polar surface area (TPSA) is 72.7 Å². The Morgan fingerprint density at radius 3 is 2.76 bits per heavy atom. The zero-order chi connectivity index (χ0) is 17.6. The van der Waals surface area contributed by atoms with Gasteiger partial charge in [-0.1, -0.05) is 30.3 Å². The summed E-state index contributed by atoms with van der Waals surface area (Å²) in [7, 11) is 0. The molecule has 25 heavy (non-hydrogen) atoms. The van der Waals surface area contributed by atoms with E-state index < -0.39 is 6.04 Å². The van der Waals surface area contributed by atoms with Crippen LogP contribution in [0.1, 0.15) is 24.4 Å². The summed E-state index contributed by atoms with van der Waals surface area (Å²) in [5, 5.41) is 14.4. The molecule has 0 spiro atoms. The third-order valence-corrected chi connectivity index (χ3v) is 3.52. The van der Waals surface area contributed by atoms with Gasteiger partial charge in [0.2, 0.25) is 5.91 Å². The van der Waals surface area contributed by atoms with Gasteiger partial charge < -0.3 is 5.32 Å². The Labute approximate surface area is 144 Å². The fraction of sp³-hybridized carbons (Fsp3) is 0.111. The van der Waals surface area contributed by atoms with E-state index in [4.69, 9.17) is 0 Å². The van der Waals surface area contributed by atoms with E-state index in [9.17, 15) is 9.18 Å². The lowest BCUT2D eigenvalue weighted by Crippen LogP contribution is -2.27. The van der Waals surface area contributed by atoms with Gasteiger partial charge in [0.15, 0.2) is 5.82 Å². The molecule has 1 aromatic heterocycles. The highest BCUT2D eigenvalue weighted by Crippen LogP contribution is 2.13. The molecule has 1 unspecified atom stereocenters. The van der Waals surface area contributed by atoms with Gasteiger partial charge in [-0.25, -0.2) is 4.39 Å². The van der Waals surface area contributed by atoms with E-state index in [0.717, 1.165) is 5.69 Å². The van der Waals surface area contributed by atoms with Crippen molar-refractivity contribution in [2.75, 3.05) is 0 Å². The number of halogens is 1. The Hall–Kier alpha value is -3.35. The summed E-state index contributed by atoms with van der Waals surface area (Å²) < 4.78 is 14.7. The zero-order valence-corrected chi connectivity index (χ0v) is 13.5. The minimum absolute atomic E-state index is 0.320. The van der Waals surface area contributed by atoms with Crippen molar-refractivity contribution in [1.82, 2.24) is 25.5 Å². The Morgan fingerprint density at radius 1 is 1.20 bits per heavy atom. The van der Waals surface area contributed by atoms with Crippen LogP contribution in [-0.2, 0) is 4.79 Å². The van der Waals surface area contributed by atoms with Crippen LogP contribution in [0.5, 0.6) is 0 Å². The van der Waals surface area contributed by atoms with Crippen LogP contribution in [0.4, 0.5) is 4.39 Å². The summed E-state index contributed by atoms with van der Waals surface area (Å²) in [6.45, 7) is 1.79. The van der Waals surface area contributed by atoms with E-state index in [1.54, 1.807) is 29.8 Å². The minimum atomic E-state index is -0.403. The molecular formula is C18H16FN5O. The first kappa shape index (κ1) is 16.5. The van der Waals surface area contributed by atoms with Crippen LogP contribution < -0.4 is 5.32 Å². The Morgan fingerprint density at radius 2 is 2.00 bits per heavy atom. The maximum atomic E-state index is 13.1. The summed E-state index contributed by atoms with van der Waals surface area (Å²) >= 11 is 0. The summed E-state index contributed by atoms with van der Waals surface area (Å²) in [5.41, 5.74) is 1.41. The minimum Gasteiger partial charge on any atom is -0.343 e. The molecule has 7 heteroatoms. The van der Waals surface area contributed by atoms with Crippen LogP contribution in [0.25, 0.3) is 11.8 Å². The monoisotopic (exact) mass is 337 g/mol. The van der Waals surface area contributed by atoms with Crippen molar-refractivity contribution < 1.29 is 9.18 Å². The molecule has 0 radical (unpaired) electrons. The average Bonchev–Trinajstić information content (AvgIpc) is 3.11. The highest BCUT2D eigenvalue weighted by Gasteiger charge is 2.16. The van der Waals surface area contributed by atoms with Crippen molar-refractivity contribution in [2.45, 2.75) is 13.0 Å². The van der Waals surface area contributed by atoms with Crippen LogP contribution in [0.15, 0.2) is 60.7 Å². The number of rotatable bonds is 5. The number of carbonyl (C=O) groups is 1. The van der Waals surface area contributed by atoms with E-state index >= 15 is 0 Å². The lowest BCUT2D eigenvalue weighted by Gasteiger charge is -2.12. The largest absolute Gasteiger partial charge is 0.343 e. The normalized spacial score (nSPS) is 12.2. The lowest BCUT2D eigenvalue weighted by atomic mass is 10.2. The molecule has 3 aromatic rings. The molecule has 2 aromatic carbocycles. The van der Waals surface area contributed by atoms with Crippen LogP contribution in [-0.4, -0.2) is 26.1 Å². The number of tetrazole rings is 1. The fourth-order valence-corrected chi connectivity index (χ4v) is 2.33. The fourth-order valence-electron chi connectivity index (χ4n) is 2.33. The van der Waals surface area contributed by atoms with Gasteiger partial charge in [0.25, 0.3) is 0 Å². The van der Waals surface area contributed by atoms with Gasteiger partial charge in [-0.2, -0.15) is 4.68 Å². The first-order chi connectivity index (χ1) is 12.1. The van der Waals surface area contributed by atoms with Gasteiger partial charge in [0.05, 0.1) is 11.7 Å². The van der Waals surface area contributed by atoms with Crippen LogP contribution >= 0.6 is 0 Å². The van der Waals surface area contributed by atoms with Crippen molar-refractivity contribution >= 4 is 12.0 Å². The molecule has 126 valence electrons. The molecule has 1 heterocycles. The van der Waals surface area contributed by atoms with Gasteiger partial charge in [0.1, 0.15) is 5.82 Å². The van der Waals surface area contributed by atoms with Gasteiger partial charge in [0, 0.05) is 6.08 Å². The van der Waals surface area contributed by atoms with Gasteiger partial charge >= 0.3 is 0 Å². The number of hydrogen-bond acceptors (Lipinski definition) is 4. The standard InChI is InChI=1S/C18H16FN5O/c1-13(18-21-22-23-24(18)16-8-3-2-4-9-16)20-17(25)11-10-14-6-5-7-15(19)12-14/h2-13H,1H3,(H,20,25). The molecule has 1 N–H and O–H groups in total. The van der Waals surface area contributed by atoms with E-state index in [-0.39, 0.29) is 11.7 Å². The third kappa shape index (κ3) is 4.14. The van der Waals surface area contributed by atoms with Gasteiger partial charge in [-0.05, 0) is 53.3 Å². The number of carbonyl (C=O) groups excluding carboxylic acids is 1. The second-order valence-electron chi connectivity index (χ2n) is 5.40. The van der Waals surface area contributed by atoms with Gasteiger partial charge in [-0.3, -0.25) is 4.79 Å². The van der Waals surface area contributed by atoms with Crippen LogP contribution in [0.2, 0.25) is 0 Å². The molecule has 6 nitrogen and oxygen atoms in total. The van der Waals surface area contributed by atoms with Crippen LogP contribution in [0, 0.1) is 5.82 Å². The Kier molecular flexibility index (Phi) is 4.94. The predicted molar refractivity (Wildman–Crippen MR) is 91.1 cm³/mol. The van der Waals surface area contributed by atoms with Crippen molar-refractivity contribution in [3.05, 3.63) is 77.9 Å². The van der Waals surface area contributed by atoms with E-state index in [0.29, 0.717) is 11.4 Å². The summed E-state index contributed by atoms with van der Waals surface area (Å²) in [6.07, 6.45) is 2.90. The Bertz CT molecular complexity index is 891. The number of aromatic nitrogens is 4. The Balaban J connectivity index is 1.70. The molecule has 0 bridgehead atoms. The summed E-state index contributed by atoms with van der Waals surface area (Å²) in [5.74, 6) is -0.156. The van der Waals surface area contributed by atoms with E-state index in [1.165, 1.54) is 18.2 Å². The molecule has 1 atom stereocenters. The molecular weight excluding hydrogens is 321 g/mol. The highest BCUT2D eigenvalue weighted by molar-refractivity contribution is 5.91. The number of nitrogens with one attached hydrogen (secondary N) is 1. The van der Waals surface area contributed by atoms with Gasteiger partial charge in [-0.15, -0.1) is 5.10 Å². The first-order valence-electron chi connectivity index (χ1n) is 7.71. The lowest BCUT2D eigenvalue weighted by molar-refractivity contribution is -0.117. The number of nitrogens with zero attached hydrogens (tertiary/aromatic N) is 4. The van der Waals surface area contributed by atoms with Crippen molar-refractivity contribution in [1.29, 1.82) is 0 Å². The van der Waals surface area contributed by atoms with E-state index in [2.05, 4.69) is 20.8 Å². The SMILES string of the molecule is CC(NC(=O)C=Cc1cccc(F)c1)c1nnnn1-c1ccccc1. The second-order valence-corrected chi connectivity index (χ2v) is 5.40. The number of benzene rings is 2. The molecule has 1 amide bonds. The van der Waals surface area contributed by atoms with Crippen LogP contribution in [0.3, 0.4) is 0 Å². The average molecular weight is 337 g/mol.